The minimum Gasteiger partial charge on any atom is -0.208 e. The summed E-state index contributed by atoms with van der Waals surface area (Å²) in [6.07, 6.45) is 0. The topological polar surface area (TPSA) is 38.7 Å². The Kier molecular flexibility index (Phi) is 7.83. The molecule has 0 amide bonds. The van der Waals surface area contributed by atoms with Gasteiger partial charge in [0, 0.05) is 16.7 Å². The van der Waals surface area contributed by atoms with E-state index in [-0.39, 0.29) is 0 Å². The Morgan fingerprint density at radius 3 is 1.26 bits per heavy atom. The molecule has 0 aliphatic carbocycles. The van der Waals surface area contributed by atoms with Crippen LogP contribution in [-0.2, 0) is 0 Å². The number of benzene rings is 9. The van der Waals surface area contributed by atoms with Crippen molar-refractivity contribution in [3.05, 3.63) is 212 Å². The lowest BCUT2D eigenvalue weighted by molar-refractivity contribution is 1.07. The molecule has 0 radical (unpaired) electrons. The lowest BCUT2D eigenvalue weighted by atomic mass is 9.92. The Morgan fingerprint density at radius 2 is 0.684 bits per heavy atom. The van der Waals surface area contributed by atoms with Crippen molar-refractivity contribution in [3.63, 3.8) is 0 Å². The van der Waals surface area contributed by atoms with E-state index in [0.29, 0.717) is 17.5 Å². The molecule has 11 rings (SSSR count). The highest BCUT2D eigenvalue weighted by Gasteiger charge is 2.50. The second-order valence-corrected chi connectivity index (χ2v) is 18.4. The Balaban J connectivity index is 1.19. The molecule has 0 fully saturated rings. The molecule has 4 heteroatoms. The Hall–Kier alpha value is -7.27. The molecule has 0 bridgehead atoms. The molecule has 0 unspecified atom stereocenters. The summed E-state index contributed by atoms with van der Waals surface area (Å²) in [5.41, 5.74) is 7.75. The SMILES string of the molecule is c1ccc(-c2ccc(-c3nc(-c4ccccc4)nc(-c4ccc5c(c4)-c4c(c6ccccc6c6ccccc46)[Si]5(c4ccccc4)c4ccccc4)n3)cc2)cc1. The average molecular weight is 742 g/mol. The smallest absolute Gasteiger partial charge is 0.181 e. The monoisotopic (exact) mass is 741 g/mol. The van der Waals surface area contributed by atoms with Crippen molar-refractivity contribution >= 4 is 50.4 Å². The third-order valence-electron chi connectivity index (χ3n) is 11.6. The third kappa shape index (κ3) is 5.30. The van der Waals surface area contributed by atoms with Gasteiger partial charge in [-0.15, -0.1) is 0 Å². The summed E-state index contributed by atoms with van der Waals surface area (Å²) < 4.78 is 0. The van der Waals surface area contributed by atoms with Crippen LogP contribution in [0.25, 0.3) is 78.0 Å². The first-order valence-electron chi connectivity index (χ1n) is 19.4. The Bertz CT molecular complexity index is 3050. The van der Waals surface area contributed by atoms with Crippen molar-refractivity contribution in [2.75, 3.05) is 0 Å². The van der Waals surface area contributed by atoms with Gasteiger partial charge in [-0.2, -0.15) is 0 Å². The predicted octanol–water partition coefficient (Wildman–Crippen LogP) is 10.2. The van der Waals surface area contributed by atoms with Gasteiger partial charge >= 0.3 is 0 Å². The normalized spacial score (nSPS) is 12.7. The number of nitrogens with zero attached hydrogens (tertiary/aromatic N) is 3. The first-order valence-corrected chi connectivity index (χ1v) is 21.4. The standard InChI is InChI=1S/C53H35N3Si/c1-5-17-36(18-6-1)37-29-31-39(32-30-37)52-54-51(38-19-7-2-8-20-38)55-53(56-52)40-33-34-48-47(35-40)49-45-27-15-13-25-43(45)44-26-14-16-28-46(44)50(49)57(48,41-21-9-3-10-22-41)42-23-11-4-12-24-42/h1-35H. The first kappa shape index (κ1) is 33.1. The zero-order valence-electron chi connectivity index (χ0n) is 31.0. The van der Waals surface area contributed by atoms with Crippen LogP contribution in [0.2, 0.25) is 0 Å². The highest BCUT2D eigenvalue weighted by atomic mass is 28.3. The average Bonchev–Trinajstić information content (AvgIpc) is 3.62. The van der Waals surface area contributed by atoms with E-state index >= 15 is 0 Å². The number of aromatic nitrogens is 3. The third-order valence-corrected chi connectivity index (χ3v) is 16.5. The van der Waals surface area contributed by atoms with Crippen LogP contribution in [0.5, 0.6) is 0 Å². The quantitative estimate of drug-likeness (QED) is 0.126. The predicted molar refractivity (Wildman–Crippen MR) is 239 cm³/mol. The van der Waals surface area contributed by atoms with Crippen molar-refractivity contribution in [2.24, 2.45) is 0 Å². The lowest BCUT2D eigenvalue weighted by Gasteiger charge is -2.32. The van der Waals surface area contributed by atoms with E-state index in [1.54, 1.807) is 0 Å². The van der Waals surface area contributed by atoms with Gasteiger partial charge in [0.15, 0.2) is 25.5 Å². The van der Waals surface area contributed by atoms with E-state index in [0.717, 1.165) is 22.3 Å². The van der Waals surface area contributed by atoms with Crippen LogP contribution >= 0.6 is 0 Å². The highest BCUT2D eigenvalue weighted by molar-refractivity contribution is 7.23. The zero-order valence-corrected chi connectivity index (χ0v) is 32.0. The van der Waals surface area contributed by atoms with Gasteiger partial charge in [-0.1, -0.05) is 206 Å². The zero-order chi connectivity index (χ0) is 37.8. The number of hydrogen-bond donors (Lipinski definition) is 0. The van der Waals surface area contributed by atoms with Gasteiger partial charge in [0.2, 0.25) is 0 Å². The number of rotatable bonds is 6. The Morgan fingerprint density at radius 1 is 0.298 bits per heavy atom. The molecular weight excluding hydrogens is 707 g/mol. The van der Waals surface area contributed by atoms with E-state index in [2.05, 4.69) is 188 Å². The van der Waals surface area contributed by atoms with Crippen molar-refractivity contribution in [2.45, 2.75) is 0 Å². The van der Waals surface area contributed by atoms with Crippen molar-refractivity contribution in [3.8, 4) is 56.4 Å². The first-order chi connectivity index (χ1) is 28.3. The minimum atomic E-state index is -2.85. The molecular formula is C53H35N3Si. The summed E-state index contributed by atoms with van der Waals surface area (Å²) in [5, 5.41) is 10.7. The summed E-state index contributed by atoms with van der Waals surface area (Å²) in [4.78, 5) is 15.5. The molecule has 1 aliphatic rings. The second kappa shape index (κ2) is 13.5. The van der Waals surface area contributed by atoms with Crippen molar-refractivity contribution < 1.29 is 0 Å². The number of hydrogen-bond acceptors (Lipinski definition) is 3. The molecule has 266 valence electrons. The molecule has 0 saturated carbocycles. The van der Waals surface area contributed by atoms with E-state index < -0.39 is 8.07 Å². The summed E-state index contributed by atoms with van der Waals surface area (Å²) >= 11 is 0. The fourth-order valence-electron chi connectivity index (χ4n) is 9.10. The summed E-state index contributed by atoms with van der Waals surface area (Å²) in [6.45, 7) is 0. The largest absolute Gasteiger partial charge is 0.208 e. The fourth-order valence-corrected chi connectivity index (χ4v) is 14.5. The second-order valence-electron chi connectivity index (χ2n) is 14.7. The maximum atomic E-state index is 5.24. The minimum absolute atomic E-state index is 0.646. The van der Waals surface area contributed by atoms with Crippen LogP contribution < -0.4 is 20.7 Å². The van der Waals surface area contributed by atoms with Crippen LogP contribution in [-0.4, -0.2) is 23.0 Å². The Labute approximate surface area is 332 Å². The maximum absolute atomic E-state index is 5.24. The van der Waals surface area contributed by atoms with Crippen molar-refractivity contribution in [1.82, 2.24) is 15.0 Å². The van der Waals surface area contributed by atoms with Crippen LogP contribution in [0.15, 0.2) is 212 Å². The molecule has 3 nitrogen and oxygen atoms in total. The van der Waals surface area contributed by atoms with E-state index in [9.17, 15) is 0 Å². The van der Waals surface area contributed by atoms with E-state index in [1.807, 2.05) is 24.3 Å². The van der Waals surface area contributed by atoms with Gasteiger partial charge in [0.05, 0.1) is 0 Å². The number of fused-ring (bicyclic) bond motifs is 8. The van der Waals surface area contributed by atoms with Crippen LogP contribution in [0.1, 0.15) is 0 Å². The molecule has 0 N–H and O–H groups in total. The van der Waals surface area contributed by atoms with E-state index in [1.165, 1.54) is 59.0 Å². The lowest BCUT2D eigenvalue weighted by Crippen LogP contribution is -2.73. The summed E-state index contributed by atoms with van der Waals surface area (Å²) in [5.74, 6) is 1.95. The molecule has 57 heavy (non-hydrogen) atoms. The molecule has 10 aromatic rings. The van der Waals surface area contributed by atoms with Gasteiger partial charge in [0.1, 0.15) is 0 Å². The van der Waals surface area contributed by atoms with Crippen LogP contribution in [0.4, 0.5) is 0 Å². The molecule has 0 saturated heterocycles. The van der Waals surface area contributed by atoms with Crippen LogP contribution in [0.3, 0.4) is 0 Å². The van der Waals surface area contributed by atoms with Gasteiger partial charge in [-0.25, -0.2) is 15.0 Å². The van der Waals surface area contributed by atoms with Gasteiger partial charge < -0.3 is 0 Å². The molecule has 1 aromatic heterocycles. The maximum Gasteiger partial charge on any atom is 0.181 e. The highest BCUT2D eigenvalue weighted by Crippen LogP contribution is 2.41. The molecule has 2 heterocycles. The molecule has 0 spiro atoms. The molecule has 9 aromatic carbocycles. The molecule has 1 aliphatic heterocycles. The van der Waals surface area contributed by atoms with Gasteiger partial charge in [0.25, 0.3) is 0 Å². The van der Waals surface area contributed by atoms with Gasteiger partial charge in [-0.3, -0.25) is 0 Å². The molecule has 0 atom stereocenters. The summed E-state index contributed by atoms with van der Waals surface area (Å²) in [6, 6.07) is 76.6. The fraction of sp³-hybridized carbons (Fsp3) is 0. The summed E-state index contributed by atoms with van der Waals surface area (Å²) in [7, 11) is -2.85. The van der Waals surface area contributed by atoms with Crippen LogP contribution in [0, 0.1) is 0 Å². The van der Waals surface area contributed by atoms with Crippen molar-refractivity contribution in [1.29, 1.82) is 0 Å². The van der Waals surface area contributed by atoms with Gasteiger partial charge in [-0.05, 0) is 70.6 Å². The van der Waals surface area contributed by atoms with E-state index in [4.69, 9.17) is 15.0 Å².